The second-order valence-electron chi connectivity index (χ2n) is 5.11. The van der Waals surface area contributed by atoms with Gasteiger partial charge >= 0.3 is 0 Å². The normalized spacial score (nSPS) is 18.3. The summed E-state index contributed by atoms with van der Waals surface area (Å²) in [4.78, 5) is 14.0. The number of nitrogens with zero attached hydrogens (tertiary/aromatic N) is 1. The zero-order chi connectivity index (χ0) is 14.4. The summed E-state index contributed by atoms with van der Waals surface area (Å²) in [7, 11) is 1.95. The Morgan fingerprint density at radius 3 is 3.15 bits per heavy atom. The van der Waals surface area contributed by atoms with Crippen LogP contribution in [0.4, 0.5) is 0 Å². The van der Waals surface area contributed by atoms with Gasteiger partial charge in [-0.2, -0.15) is 0 Å². The fourth-order valence-corrected chi connectivity index (χ4v) is 2.86. The van der Waals surface area contributed by atoms with Crippen molar-refractivity contribution in [1.29, 1.82) is 0 Å². The lowest BCUT2D eigenvalue weighted by Gasteiger charge is -2.16. The quantitative estimate of drug-likeness (QED) is 0.863. The molecule has 1 aromatic rings. The highest BCUT2D eigenvalue weighted by atomic mass is 79.9. The van der Waals surface area contributed by atoms with Crippen molar-refractivity contribution in [3.8, 4) is 5.75 Å². The van der Waals surface area contributed by atoms with Crippen LogP contribution >= 0.6 is 15.9 Å². The number of benzene rings is 1. The van der Waals surface area contributed by atoms with Gasteiger partial charge in [-0.15, -0.1) is 0 Å². The van der Waals surface area contributed by atoms with E-state index in [1.807, 2.05) is 36.2 Å². The van der Waals surface area contributed by atoms with E-state index in [-0.39, 0.29) is 5.91 Å². The lowest BCUT2D eigenvalue weighted by Crippen LogP contribution is -2.31. The average Bonchev–Trinajstić information content (AvgIpc) is 2.88. The molecule has 1 heterocycles. The standard InChI is InChI=1S/C15H21BrN2O2/c1-17-10-12-5-7-18(11-12)15(19)6-8-20-14-4-2-3-13(16)9-14/h2-4,9,12,17H,5-8,10-11H2,1H3. The summed E-state index contributed by atoms with van der Waals surface area (Å²) < 4.78 is 6.58. The SMILES string of the molecule is CNCC1CCN(C(=O)CCOc2cccc(Br)c2)C1. The van der Waals surface area contributed by atoms with Gasteiger partial charge < -0.3 is 15.0 Å². The fourth-order valence-electron chi connectivity index (χ4n) is 2.49. The van der Waals surface area contributed by atoms with Crippen molar-refractivity contribution in [3.05, 3.63) is 28.7 Å². The van der Waals surface area contributed by atoms with Gasteiger partial charge in [0.15, 0.2) is 0 Å². The number of likely N-dealkylation sites (tertiary alicyclic amines) is 1. The van der Waals surface area contributed by atoms with Crippen LogP contribution < -0.4 is 10.1 Å². The number of hydrogen-bond acceptors (Lipinski definition) is 3. The van der Waals surface area contributed by atoms with E-state index in [9.17, 15) is 4.79 Å². The Balaban J connectivity index is 1.70. The van der Waals surface area contributed by atoms with Crippen LogP contribution in [0.5, 0.6) is 5.75 Å². The molecule has 1 aromatic carbocycles. The highest BCUT2D eigenvalue weighted by Gasteiger charge is 2.25. The predicted octanol–water partition coefficient (Wildman–Crippen LogP) is 2.29. The molecular formula is C15H21BrN2O2. The molecule has 0 bridgehead atoms. The molecule has 1 aliphatic rings. The van der Waals surface area contributed by atoms with Crippen molar-refractivity contribution in [2.45, 2.75) is 12.8 Å². The van der Waals surface area contributed by atoms with Crippen molar-refractivity contribution < 1.29 is 9.53 Å². The lowest BCUT2D eigenvalue weighted by molar-refractivity contribution is -0.130. The molecule has 0 saturated carbocycles. The summed E-state index contributed by atoms with van der Waals surface area (Å²) in [6, 6.07) is 7.67. The van der Waals surface area contributed by atoms with Gasteiger partial charge in [0.2, 0.25) is 5.91 Å². The zero-order valence-electron chi connectivity index (χ0n) is 11.8. The van der Waals surface area contributed by atoms with E-state index in [1.165, 1.54) is 0 Å². The monoisotopic (exact) mass is 340 g/mol. The van der Waals surface area contributed by atoms with E-state index in [4.69, 9.17) is 4.74 Å². The molecule has 20 heavy (non-hydrogen) atoms. The largest absolute Gasteiger partial charge is 0.493 e. The van der Waals surface area contributed by atoms with Crippen LogP contribution in [0.1, 0.15) is 12.8 Å². The predicted molar refractivity (Wildman–Crippen MR) is 82.9 cm³/mol. The third-order valence-corrected chi connectivity index (χ3v) is 4.01. The molecule has 0 aliphatic carbocycles. The van der Waals surface area contributed by atoms with E-state index >= 15 is 0 Å². The lowest BCUT2D eigenvalue weighted by atomic mass is 10.1. The van der Waals surface area contributed by atoms with Gasteiger partial charge in [0.1, 0.15) is 5.75 Å². The number of ether oxygens (including phenoxy) is 1. The number of rotatable bonds is 6. The van der Waals surface area contributed by atoms with Crippen LogP contribution in [-0.4, -0.2) is 44.1 Å². The first-order valence-corrected chi connectivity index (χ1v) is 7.79. The Bertz CT molecular complexity index is 453. The minimum Gasteiger partial charge on any atom is -0.493 e. The first-order valence-electron chi connectivity index (χ1n) is 7.00. The fraction of sp³-hybridized carbons (Fsp3) is 0.533. The van der Waals surface area contributed by atoms with Gasteiger partial charge in [0.25, 0.3) is 0 Å². The molecule has 1 unspecified atom stereocenters. The molecule has 0 aromatic heterocycles. The van der Waals surface area contributed by atoms with Crippen molar-refractivity contribution in [1.82, 2.24) is 10.2 Å². The van der Waals surface area contributed by atoms with Gasteiger partial charge in [-0.1, -0.05) is 22.0 Å². The Morgan fingerprint density at radius 2 is 2.40 bits per heavy atom. The number of amides is 1. The van der Waals surface area contributed by atoms with E-state index in [1.54, 1.807) is 0 Å². The van der Waals surface area contributed by atoms with Crippen LogP contribution in [0.3, 0.4) is 0 Å². The Hall–Kier alpha value is -1.07. The summed E-state index contributed by atoms with van der Waals surface area (Å²) in [6.45, 7) is 3.17. The molecule has 1 saturated heterocycles. The number of carbonyl (C=O) groups is 1. The molecule has 5 heteroatoms. The summed E-state index contributed by atoms with van der Waals surface area (Å²) in [5.41, 5.74) is 0. The van der Waals surface area contributed by atoms with Gasteiger partial charge in [-0.25, -0.2) is 0 Å². The summed E-state index contributed by atoms with van der Waals surface area (Å²) in [6.07, 6.45) is 1.54. The van der Waals surface area contributed by atoms with Crippen molar-refractivity contribution in [2.24, 2.45) is 5.92 Å². The van der Waals surface area contributed by atoms with Crippen molar-refractivity contribution >= 4 is 21.8 Å². The van der Waals surface area contributed by atoms with Crippen LogP contribution in [-0.2, 0) is 4.79 Å². The molecule has 110 valence electrons. The van der Waals surface area contributed by atoms with Crippen molar-refractivity contribution in [3.63, 3.8) is 0 Å². The van der Waals surface area contributed by atoms with E-state index in [0.717, 1.165) is 36.3 Å². The molecule has 2 rings (SSSR count). The van der Waals surface area contributed by atoms with Crippen LogP contribution in [0.25, 0.3) is 0 Å². The zero-order valence-corrected chi connectivity index (χ0v) is 13.4. The summed E-state index contributed by atoms with van der Waals surface area (Å²) in [5, 5.41) is 3.17. The second-order valence-corrected chi connectivity index (χ2v) is 6.02. The Labute approximate surface area is 128 Å². The van der Waals surface area contributed by atoms with Crippen LogP contribution in [0.2, 0.25) is 0 Å². The molecule has 0 radical (unpaired) electrons. The first kappa shape index (κ1) is 15.3. The number of halogens is 1. The maximum Gasteiger partial charge on any atom is 0.226 e. The third kappa shape index (κ3) is 4.49. The molecule has 1 aliphatic heterocycles. The molecule has 1 fully saturated rings. The first-order chi connectivity index (χ1) is 9.69. The molecule has 1 amide bonds. The highest BCUT2D eigenvalue weighted by molar-refractivity contribution is 9.10. The number of nitrogens with one attached hydrogen (secondary N) is 1. The smallest absolute Gasteiger partial charge is 0.226 e. The molecule has 1 N–H and O–H groups in total. The number of carbonyl (C=O) groups excluding carboxylic acids is 1. The molecule has 1 atom stereocenters. The van der Waals surface area contributed by atoms with Gasteiger partial charge in [-0.05, 0) is 44.1 Å². The van der Waals surface area contributed by atoms with Crippen LogP contribution in [0, 0.1) is 5.92 Å². The highest BCUT2D eigenvalue weighted by Crippen LogP contribution is 2.19. The number of hydrogen-bond donors (Lipinski definition) is 1. The maximum absolute atomic E-state index is 12.1. The Kier molecular flexibility index (Phi) is 5.86. The maximum atomic E-state index is 12.1. The average molecular weight is 341 g/mol. The molecular weight excluding hydrogens is 320 g/mol. The van der Waals surface area contributed by atoms with Crippen LogP contribution in [0.15, 0.2) is 28.7 Å². The summed E-state index contributed by atoms with van der Waals surface area (Å²) >= 11 is 3.40. The van der Waals surface area contributed by atoms with Gasteiger partial charge in [-0.3, -0.25) is 4.79 Å². The summed E-state index contributed by atoms with van der Waals surface area (Å²) in [5.74, 6) is 1.58. The minimum atomic E-state index is 0.193. The van der Waals surface area contributed by atoms with E-state index in [0.29, 0.717) is 18.9 Å². The second kappa shape index (κ2) is 7.64. The molecule has 4 nitrogen and oxygen atoms in total. The van der Waals surface area contributed by atoms with Gasteiger partial charge in [0, 0.05) is 17.6 Å². The third-order valence-electron chi connectivity index (χ3n) is 3.51. The Morgan fingerprint density at radius 1 is 1.55 bits per heavy atom. The minimum absolute atomic E-state index is 0.193. The van der Waals surface area contributed by atoms with Crippen molar-refractivity contribution in [2.75, 3.05) is 33.3 Å². The molecule has 0 spiro atoms. The van der Waals surface area contributed by atoms with E-state index in [2.05, 4.69) is 21.2 Å². The van der Waals surface area contributed by atoms with E-state index < -0.39 is 0 Å². The topological polar surface area (TPSA) is 41.6 Å². The van der Waals surface area contributed by atoms with Gasteiger partial charge in [0.05, 0.1) is 13.0 Å².